The Bertz CT molecular complexity index is 656. The van der Waals surface area contributed by atoms with Crippen molar-refractivity contribution in [1.82, 2.24) is 9.88 Å². The lowest BCUT2D eigenvalue weighted by molar-refractivity contribution is 0.0730. The van der Waals surface area contributed by atoms with Crippen molar-refractivity contribution in [3.63, 3.8) is 0 Å². The van der Waals surface area contributed by atoms with E-state index in [4.69, 9.17) is 5.73 Å². The molecule has 1 amide bonds. The summed E-state index contributed by atoms with van der Waals surface area (Å²) < 4.78 is 13.5. The summed E-state index contributed by atoms with van der Waals surface area (Å²) in [6.07, 6.45) is 5.35. The van der Waals surface area contributed by atoms with Gasteiger partial charge in [0.05, 0.1) is 11.3 Å². The van der Waals surface area contributed by atoms with Crippen LogP contribution in [0.15, 0.2) is 42.7 Å². The predicted octanol–water partition coefficient (Wildman–Crippen LogP) is 2.61. The second kappa shape index (κ2) is 5.52. The fraction of sp³-hybridized carbons (Fsp3) is 0.250. The highest BCUT2D eigenvalue weighted by Crippen LogP contribution is 2.31. The maximum atomic E-state index is 13.5. The minimum atomic E-state index is -0.555. The van der Waals surface area contributed by atoms with Crippen LogP contribution in [0.2, 0.25) is 0 Å². The zero-order valence-electron chi connectivity index (χ0n) is 11.5. The van der Waals surface area contributed by atoms with Crippen molar-refractivity contribution in [3.8, 4) is 0 Å². The Morgan fingerprint density at radius 3 is 2.67 bits per heavy atom. The Labute approximate surface area is 122 Å². The van der Waals surface area contributed by atoms with Crippen molar-refractivity contribution in [3.05, 3.63) is 59.7 Å². The number of pyridine rings is 1. The van der Waals surface area contributed by atoms with Gasteiger partial charge in [-0.25, -0.2) is 4.39 Å². The Morgan fingerprint density at radius 1 is 1.29 bits per heavy atom. The zero-order valence-corrected chi connectivity index (χ0v) is 11.5. The van der Waals surface area contributed by atoms with Crippen molar-refractivity contribution < 1.29 is 9.18 Å². The summed E-state index contributed by atoms with van der Waals surface area (Å²) in [5.74, 6) is -0.771. The molecule has 1 aromatic carbocycles. The molecule has 2 aromatic rings. The number of carbonyl (C=O) groups excluding carboxylic acids is 1. The molecule has 1 heterocycles. The van der Waals surface area contributed by atoms with Crippen molar-refractivity contribution in [2.45, 2.75) is 25.4 Å². The second-order valence-corrected chi connectivity index (χ2v) is 5.22. The van der Waals surface area contributed by atoms with Crippen LogP contribution < -0.4 is 5.73 Å². The lowest BCUT2D eigenvalue weighted by Gasteiger charge is -2.23. The fourth-order valence-corrected chi connectivity index (χ4v) is 2.32. The largest absolute Gasteiger partial charge is 0.396 e. The number of carbonyl (C=O) groups is 1. The predicted molar refractivity (Wildman–Crippen MR) is 77.9 cm³/mol. The van der Waals surface area contributed by atoms with Gasteiger partial charge in [-0.2, -0.15) is 0 Å². The van der Waals surface area contributed by atoms with Gasteiger partial charge in [0, 0.05) is 25.0 Å². The summed E-state index contributed by atoms with van der Waals surface area (Å²) in [7, 11) is 0. The molecule has 2 N–H and O–H groups in total. The van der Waals surface area contributed by atoms with Crippen LogP contribution in [0.5, 0.6) is 0 Å². The molecule has 108 valence electrons. The van der Waals surface area contributed by atoms with Gasteiger partial charge >= 0.3 is 0 Å². The second-order valence-electron chi connectivity index (χ2n) is 5.22. The number of anilines is 1. The molecule has 0 bridgehead atoms. The molecule has 1 saturated carbocycles. The summed E-state index contributed by atoms with van der Waals surface area (Å²) in [4.78, 5) is 18.4. The van der Waals surface area contributed by atoms with Crippen LogP contribution in [-0.4, -0.2) is 21.8 Å². The lowest BCUT2D eigenvalue weighted by Crippen LogP contribution is -2.33. The van der Waals surface area contributed by atoms with Gasteiger partial charge in [0.1, 0.15) is 5.82 Å². The van der Waals surface area contributed by atoms with Gasteiger partial charge in [0.25, 0.3) is 5.91 Å². The molecule has 3 rings (SSSR count). The third-order valence-corrected chi connectivity index (χ3v) is 3.63. The van der Waals surface area contributed by atoms with Crippen molar-refractivity contribution in [2.75, 3.05) is 5.73 Å². The molecular formula is C16H16FN3O. The number of rotatable bonds is 4. The Balaban J connectivity index is 1.87. The average Bonchev–Trinajstić information content (AvgIpc) is 3.33. The monoisotopic (exact) mass is 285 g/mol. The smallest absolute Gasteiger partial charge is 0.256 e. The molecule has 1 aliphatic carbocycles. The number of nitrogens with two attached hydrogens (primary N) is 1. The minimum absolute atomic E-state index is 0.0807. The third-order valence-electron chi connectivity index (χ3n) is 3.63. The number of hydrogen-bond donors (Lipinski definition) is 1. The van der Waals surface area contributed by atoms with E-state index in [2.05, 4.69) is 4.98 Å². The first-order valence-electron chi connectivity index (χ1n) is 6.90. The topological polar surface area (TPSA) is 59.2 Å². The summed E-state index contributed by atoms with van der Waals surface area (Å²) >= 11 is 0. The summed E-state index contributed by atoms with van der Waals surface area (Å²) in [6.45, 7) is 0.488. The SMILES string of the molecule is Nc1c(F)cccc1C(=O)N(Cc1ccncc1)C1CC1. The number of para-hydroxylation sites is 1. The fourth-order valence-electron chi connectivity index (χ4n) is 2.32. The zero-order chi connectivity index (χ0) is 14.8. The number of benzene rings is 1. The number of aromatic nitrogens is 1. The van der Waals surface area contributed by atoms with E-state index in [1.54, 1.807) is 23.4 Å². The van der Waals surface area contributed by atoms with Gasteiger partial charge in [-0.15, -0.1) is 0 Å². The molecule has 1 fully saturated rings. The minimum Gasteiger partial charge on any atom is -0.396 e. The van der Waals surface area contributed by atoms with Crippen LogP contribution in [-0.2, 0) is 6.54 Å². The van der Waals surface area contributed by atoms with Crippen LogP contribution in [0.25, 0.3) is 0 Å². The van der Waals surface area contributed by atoms with Crippen molar-refractivity contribution >= 4 is 11.6 Å². The first kappa shape index (κ1) is 13.5. The Kier molecular flexibility index (Phi) is 3.56. The third kappa shape index (κ3) is 2.86. The van der Waals surface area contributed by atoms with E-state index in [1.165, 1.54) is 12.1 Å². The van der Waals surface area contributed by atoms with Gasteiger partial charge < -0.3 is 10.6 Å². The van der Waals surface area contributed by atoms with E-state index >= 15 is 0 Å². The summed E-state index contributed by atoms with van der Waals surface area (Å²) in [6, 6.07) is 8.30. The number of nitrogens with zero attached hydrogens (tertiary/aromatic N) is 2. The van der Waals surface area contributed by atoms with E-state index < -0.39 is 5.82 Å². The standard InChI is InChI=1S/C16H16FN3O/c17-14-3-1-2-13(15(14)18)16(21)20(12-4-5-12)10-11-6-8-19-9-7-11/h1-3,6-9,12H,4-5,10,18H2. The summed E-state index contributed by atoms with van der Waals surface area (Å²) in [5.41, 5.74) is 6.85. The Hall–Kier alpha value is -2.43. The average molecular weight is 285 g/mol. The number of halogens is 1. The molecule has 1 aliphatic rings. The molecule has 0 spiro atoms. The molecule has 0 atom stereocenters. The molecule has 1 aromatic heterocycles. The molecule has 0 radical (unpaired) electrons. The van der Waals surface area contributed by atoms with Crippen LogP contribution >= 0.6 is 0 Å². The van der Waals surface area contributed by atoms with Crippen LogP contribution in [0.4, 0.5) is 10.1 Å². The van der Waals surface area contributed by atoms with Crippen LogP contribution in [0.3, 0.4) is 0 Å². The highest BCUT2D eigenvalue weighted by atomic mass is 19.1. The van der Waals surface area contributed by atoms with Crippen LogP contribution in [0.1, 0.15) is 28.8 Å². The van der Waals surface area contributed by atoms with E-state index in [-0.39, 0.29) is 23.2 Å². The number of amides is 1. The van der Waals surface area contributed by atoms with E-state index in [1.807, 2.05) is 12.1 Å². The lowest BCUT2D eigenvalue weighted by atomic mass is 10.1. The molecule has 4 nitrogen and oxygen atoms in total. The maximum absolute atomic E-state index is 13.5. The highest BCUT2D eigenvalue weighted by Gasteiger charge is 2.33. The normalized spacial score (nSPS) is 14.0. The Morgan fingerprint density at radius 2 is 2.00 bits per heavy atom. The van der Waals surface area contributed by atoms with Gasteiger partial charge in [-0.05, 0) is 42.7 Å². The molecule has 0 aliphatic heterocycles. The van der Waals surface area contributed by atoms with Crippen LogP contribution in [0, 0.1) is 5.82 Å². The van der Waals surface area contributed by atoms with Crippen molar-refractivity contribution in [1.29, 1.82) is 0 Å². The van der Waals surface area contributed by atoms with E-state index in [0.717, 1.165) is 18.4 Å². The molecule has 0 unspecified atom stereocenters. The number of nitrogen functional groups attached to an aromatic ring is 1. The molecule has 21 heavy (non-hydrogen) atoms. The quantitative estimate of drug-likeness (QED) is 0.878. The first-order chi connectivity index (χ1) is 10.2. The van der Waals surface area contributed by atoms with Gasteiger partial charge in [0.15, 0.2) is 0 Å². The van der Waals surface area contributed by atoms with Gasteiger partial charge in [-0.3, -0.25) is 9.78 Å². The van der Waals surface area contributed by atoms with Gasteiger partial charge in [0.2, 0.25) is 0 Å². The first-order valence-corrected chi connectivity index (χ1v) is 6.90. The highest BCUT2D eigenvalue weighted by molar-refractivity contribution is 5.99. The molecule has 0 saturated heterocycles. The van der Waals surface area contributed by atoms with E-state index in [0.29, 0.717) is 6.54 Å². The molecular weight excluding hydrogens is 269 g/mol. The van der Waals surface area contributed by atoms with E-state index in [9.17, 15) is 9.18 Å². The molecule has 5 heteroatoms. The summed E-state index contributed by atoms with van der Waals surface area (Å²) in [5, 5.41) is 0. The van der Waals surface area contributed by atoms with Gasteiger partial charge in [-0.1, -0.05) is 6.07 Å². The van der Waals surface area contributed by atoms with Crippen molar-refractivity contribution in [2.24, 2.45) is 0 Å². The number of hydrogen-bond acceptors (Lipinski definition) is 3. The maximum Gasteiger partial charge on any atom is 0.256 e.